The first-order valence-corrected chi connectivity index (χ1v) is 12.4. The van der Waals surface area contributed by atoms with Crippen molar-refractivity contribution in [2.24, 2.45) is 0 Å². The van der Waals surface area contributed by atoms with Crippen LogP contribution in [0.25, 0.3) is 10.6 Å². The summed E-state index contributed by atoms with van der Waals surface area (Å²) in [6.07, 6.45) is 0.169. The largest absolute Gasteiger partial charge is 0.454 e. The number of hydrogen-bond donors (Lipinski definition) is 2. The number of fused-ring (bicyclic) bond motifs is 1. The van der Waals surface area contributed by atoms with Gasteiger partial charge < -0.3 is 14.8 Å². The second-order valence-electron chi connectivity index (χ2n) is 8.11. The Bertz CT molecular complexity index is 1530. The Labute approximate surface area is 224 Å². The lowest BCUT2D eigenvalue weighted by Crippen LogP contribution is -2.45. The van der Waals surface area contributed by atoms with Gasteiger partial charge >= 0.3 is 0 Å². The quantitative estimate of drug-likeness (QED) is 0.241. The fourth-order valence-electron chi connectivity index (χ4n) is 3.71. The van der Waals surface area contributed by atoms with E-state index in [1.165, 1.54) is 12.1 Å². The van der Waals surface area contributed by atoms with E-state index in [9.17, 15) is 19.7 Å². The second-order valence-corrected chi connectivity index (χ2v) is 9.49. The summed E-state index contributed by atoms with van der Waals surface area (Å²) in [4.78, 5) is 36.8. The van der Waals surface area contributed by atoms with Gasteiger partial charge in [-0.05, 0) is 35.9 Å². The number of aromatic nitrogens is 2. The third-order valence-corrected chi connectivity index (χ3v) is 6.79. The van der Waals surface area contributed by atoms with Crippen LogP contribution in [0.15, 0.2) is 66.7 Å². The Morgan fingerprint density at radius 2 is 1.84 bits per heavy atom. The zero-order valence-electron chi connectivity index (χ0n) is 19.4. The number of carbonyl (C=O) groups is 2. The number of amides is 2. The van der Waals surface area contributed by atoms with Crippen LogP contribution in [-0.2, 0) is 11.2 Å². The van der Waals surface area contributed by atoms with E-state index in [0.29, 0.717) is 16.5 Å². The molecule has 2 heterocycles. The Kier molecular flexibility index (Phi) is 7.15. The summed E-state index contributed by atoms with van der Waals surface area (Å²) in [7, 11) is 0. The lowest BCUT2D eigenvalue weighted by atomic mass is 10.0. The van der Waals surface area contributed by atoms with E-state index in [-0.39, 0.29) is 28.9 Å². The van der Waals surface area contributed by atoms with E-state index in [2.05, 4.69) is 20.8 Å². The van der Waals surface area contributed by atoms with Crippen molar-refractivity contribution < 1.29 is 24.0 Å². The number of nitrogens with one attached hydrogen (secondary N) is 2. The fraction of sp³-hybridized carbons (Fsp3) is 0.120. The predicted octanol–water partition coefficient (Wildman–Crippen LogP) is 4.48. The first-order valence-electron chi connectivity index (χ1n) is 11.2. The minimum Gasteiger partial charge on any atom is -0.454 e. The molecule has 0 saturated carbocycles. The molecule has 1 atom stereocenters. The molecule has 1 unspecified atom stereocenters. The highest BCUT2D eigenvalue weighted by Crippen LogP contribution is 2.37. The summed E-state index contributed by atoms with van der Waals surface area (Å²) < 4.78 is 10.7. The number of ether oxygens (including phenoxy) is 2. The summed E-state index contributed by atoms with van der Waals surface area (Å²) in [5.41, 5.74) is 1.13. The topological polar surface area (TPSA) is 146 Å². The van der Waals surface area contributed by atoms with Gasteiger partial charge in [0.15, 0.2) is 11.5 Å². The lowest BCUT2D eigenvalue weighted by molar-refractivity contribution is -0.384. The smallest absolute Gasteiger partial charge is 0.288 e. The maximum atomic E-state index is 13.3. The highest BCUT2D eigenvalue weighted by molar-refractivity contribution is 7.18. The summed E-state index contributed by atoms with van der Waals surface area (Å²) in [6.45, 7) is 0.147. The minimum absolute atomic E-state index is 0.00651. The van der Waals surface area contributed by atoms with E-state index in [0.717, 1.165) is 28.5 Å². The van der Waals surface area contributed by atoms with Crippen molar-refractivity contribution in [2.45, 2.75) is 12.5 Å². The van der Waals surface area contributed by atoms with Gasteiger partial charge in [-0.25, -0.2) is 0 Å². The van der Waals surface area contributed by atoms with Gasteiger partial charge in [0, 0.05) is 23.6 Å². The van der Waals surface area contributed by atoms with E-state index in [1.54, 1.807) is 12.1 Å². The molecule has 4 aromatic rings. The minimum atomic E-state index is -1.02. The molecule has 11 nitrogen and oxygen atoms in total. The van der Waals surface area contributed by atoms with Crippen molar-refractivity contribution in [1.29, 1.82) is 0 Å². The first-order chi connectivity index (χ1) is 18.4. The zero-order valence-corrected chi connectivity index (χ0v) is 21.0. The van der Waals surface area contributed by atoms with Crippen molar-refractivity contribution in [3.8, 4) is 22.1 Å². The van der Waals surface area contributed by atoms with Crippen molar-refractivity contribution in [3.05, 3.63) is 93.0 Å². The number of carbonyl (C=O) groups excluding carboxylic acids is 2. The molecule has 0 aliphatic carbocycles. The van der Waals surface area contributed by atoms with Gasteiger partial charge in [-0.15, -0.1) is 10.2 Å². The van der Waals surface area contributed by atoms with Crippen molar-refractivity contribution >= 4 is 45.6 Å². The third-order valence-electron chi connectivity index (χ3n) is 5.58. The number of anilines is 1. The molecule has 0 fully saturated rings. The summed E-state index contributed by atoms with van der Waals surface area (Å²) in [6, 6.07) is 17.1. The average Bonchev–Trinajstić information content (AvgIpc) is 3.58. The molecule has 5 rings (SSSR count). The standard InChI is InChI=1S/C25H18ClN5O6S/c26-17-8-6-15(11-19(17)31(34)35)22(32)27-18(10-14-4-2-1-3-5-14)23(33)28-25-30-29-24(38-25)16-7-9-20-21(12-16)37-13-36-20/h1-9,11-12,18H,10,13H2,(H,27,32)(H,28,30,33). The van der Waals surface area contributed by atoms with Crippen molar-refractivity contribution in [1.82, 2.24) is 15.5 Å². The van der Waals surface area contributed by atoms with Crippen LogP contribution in [0.1, 0.15) is 15.9 Å². The maximum absolute atomic E-state index is 13.3. The monoisotopic (exact) mass is 551 g/mol. The molecule has 0 spiro atoms. The van der Waals surface area contributed by atoms with Crippen LogP contribution in [-0.4, -0.2) is 39.8 Å². The van der Waals surface area contributed by atoms with E-state index in [1.807, 2.05) is 36.4 Å². The molecule has 0 radical (unpaired) electrons. The van der Waals surface area contributed by atoms with Crippen LogP contribution in [0.3, 0.4) is 0 Å². The van der Waals surface area contributed by atoms with Gasteiger partial charge in [0.25, 0.3) is 11.6 Å². The van der Waals surface area contributed by atoms with Crippen molar-refractivity contribution in [3.63, 3.8) is 0 Å². The Balaban J connectivity index is 1.34. The fourth-order valence-corrected chi connectivity index (χ4v) is 4.64. The number of halogens is 1. The summed E-state index contributed by atoms with van der Waals surface area (Å²) >= 11 is 7.01. The number of rotatable bonds is 8. The van der Waals surface area contributed by atoms with Crippen LogP contribution in [0, 0.1) is 10.1 Å². The van der Waals surface area contributed by atoms with Gasteiger partial charge in [0.05, 0.1) is 4.92 Å². The predicted molar refractivity (Wildman–Crippen MR) is 140 cm³/mol. The van der Waals surface area contributed by atoms with E-state index < -0.39 is 28.5 Å². The maximum Gasteiger partial charge on any atom is 0.288 e. The van der Waals surface area contributed by atoms with Gasteiger partial charge in [0.2, 0.25) is 17.8 Å². The Hall–Kier alpha value is -4.55. The molecule has 3 aromatic carbocycles. The molecule has 0 saturated heterocycles. The highest BCUT2D eigenvalue weighted by atomic mass is 35.5. The zero-order chi connectivity index (χ0) is 26.6. The number of nitrogens with zero attached hydrogens (tertiary/aromatic N) is 3. The number of nitro benzene ring substituents is 1. The first kappa shape index (κ1) is 25.1. The molecule has 2 amide bonds. The highest BCUT2D eigenvalue weighted by Gasteiger charge is 2.25. The molecular weight excluding hydrogens is 534 g/mol. The molecule has 1 aliphatic heterocycles. The van der Waals surface area contributed by atoms with Crippen LogP contribution >= 0.6 is 22.9 Å². The summed E-state index contributed by atoms with van der Waals surface area (Å²) in [5, 5.41) is 25.5. The summed E-state index contributed by atoms with van der Waals surface area (Å²) in [5.74, 6) is 0.0341. The molecule has 1 aliphatic rings. The lowest BCUT2D eigenvalue weighted by Gasteiger charge is -2.18. The van der Waals surface area contributed by atoms with Crippen LogP contribution in [0.4, 0.5) is 10.8 Å². The van der Waals surface area contributed by atoms with Gasteiger partial charge in [0.1, 0.15) is 16.1 Å². The SMILES string of the molecule is O=C(NC(Cc1ccccc1)C(=O)Nc1nnc(-c2ccc3c(c2)OCO3)s1)c1ccc(Cl)c([N+](=O)[O-])c1. The van der Waals surface area contributed by atoms with Crippen LogP contribution in [0.2, 0.25) is 5.02 Å². The Morgan fingerprint density at radius 1 is 1.05 bits per heavy atom. The van der Waals surface area contributed by atoms with Gasteiger partial charge in [-0.1, -0.05) is 53.3 Å². The molecule has 1 aromatic heterocycles. The second kappa shape index (κ2) is 10.8. The number of hydrogen-bond acceptors (Lipinski definition) is 9. The van der Waals surface area contributed by atoms with Crippen LogP contribution < -0.4 is 20.1 Å². The molecule has 192 valence electrons. The van der Waals surface area contributed by atoms with Crippen molar-refractivity contribution in [2.75, 3.05) is 12.1 Å². The van der Waals surface area contributed by atoms with Crippen LogP contribution in [0.5, 0.6) is 11.5 Å². The van der Waals surface area contributed by atoms with E-state index in [4.69, 9.17) is 21.1 Å². The average molecular weight is 552 g/mol. The molecule has 0 bridgehead atoms. The number of benzene rings is 3. The molecule has 38 heavy (non-hydrogen) atoms. The third kappa shape index (κ3) is 5.56. The number of nitro groups is 1. The van der Waals surface area contributed by atoms with E-state index >= 15 is 0 Å². The normalized spacial score (nSPS) is 12.6. The molecule has 2 N–H and O–H groups in total. The Morgan fingerprint density at radius 3 is 2.63 bits per heavy atom. The molecule has 13 heteroatoms. The van der Waals surface area contributed by atoms with Gasteiger partial charge in [-0.2, -0.15) is 0 Å². The molecular formula is C25H18ClN5O6S. The van der Waals surface area contributed by atoms with Gasteiger partial charge in [-0.3, -0.25) is 25.0 Å².